The Bertz CT molecular complexity index is 338. The smallest absolute Gasteiger partial charge is 0.0527 e. The monoisotopic (exact) mass is 480 g/mol. The lowest BCUT2D eigenvalue weighted by Crippen LogP contribution is -2.30. The third-order valence-electron chi connectivity index (χ3n) is 8.71. The Balaban J connectivity index is 3.15. The minimum Gasteiger partial charge on any atom is -0.0678 e. The quantitative estimate of drug-likeness (QED) is 0.0772. The van der Waals surface area contributed by atoms with Crippen molar-refractivity contribution in [1.82, 2.24) is 0 Å². The zero-order valence-corrected chi connectivity index (χ0v) is 25.0. The molecule has 0 amide bonds. The SMILES string of the molecule is [CH2]CCCCCCCCCCCCCCCCCCCCCCCCC[Si](CC)(CC)CC. The molecule has 0 fully saturated rings. The van der Waals surface area contributed by atoms with Crippen molar-refractivity contribution in [2.45, 2.75) is 199 Å². The van der Waals surface area contributed by atoms with Crippen molar-refractivity contribution < 1.29 is 0 Å². The molecule has 0 heterocycles. The predicted octanol–water partition coefficient (Wildman–Crippen LogP) is 12.7. The average Bonchev–Trinajstić information content (AvgIpc) is 2.84. The molecular weight excluding hydrogens is 412 g/mol. The molecule has 0 rings (SSSR count). The van der Waals surface area contributed by atoms with Gasteiger partial charge in [-0.05, 0) is 0 Å². The molecule has 0 aliphatic heterocycles. The molecule has 0 aliphatic carbocycles. The van der Waals surface area contributed by atoms with Gasteiger partial charge in [0.2, 0.25) is 0 Å². The van der Waals surface area contributed by atoms with Crippen molar-refractivity contribution >= 4 is 8.07 Å². The van der Waals surface area contributed by atoms with Crippen LogP contribution in [-0.2, 0) is 0 Å². The van der Waals surface area contributed by atoms with E-state index in [1.165, 1.54) is 166 Å². The molecule has 199 valence electrons. The van der Waals surface area contributed by atoms with E-state index in [0.29, 0.717) is 0 Å². The summed E-state index contributed by atoms with van der Waals surface area (Å²) in [5.41, 5.74) is 0. The lowest BCUT2D eigenvalue weighted by Gasteiger charge is -2.28. The van der Waals surface area contributed by atoms with Crippen molar-refractivity contribution in [3.63, 3.8) is 0 Å². The van der Waals surface area contributed by atoms with E-state index in [2.05, 4.69) is 27.7 Å². The Kier molecular flexibility index (Phi) is 27.0. The second-order valence-electron chi connectivity index (χ2n) is 11.3. The fourth-order valence-corrected chi connectivity index (χ4v) is 9.23. The fourth-order valence-electron chi connectivity index (χ4n) is 5.67. The summed E-state index contributed by atoms with van der Waals surface area (Å²) in [4.78, 5) is 0. The van der Waals surface area contributed by atoms with Gasteiger partial charge in [-0.2, -0.15) is 0 Å². The highest BCUT2D eigenvalue weighted by atomic mass is 28.3. The van der Waals surface area contributed by atoms with Gasteiger partial charge in [-0.1, -0.05) is 206 Å². The second kappa shape index (κ2) is 26.8. The van der Waals surface area contributed by atoms with Crippen LogP contribution in [0.15, 0.2) is 0 Å². The van der Waals surface area contributed by atoms with Crippen LogP contribution in [0.4, 0.5) is 0 Å². The topological polar surface area (TPSA) is 0 Å². The molecule has 0 aromatic carbocycles. The van der Waals surface area contributed by atoms with Crippen LogP contribution < -0.4 is 0 Å². The van der Waals surface area contributed by atoms with Crippen LogP contribution in [0.2, 0.25) is 24.2 Å². The van der Waals surface area contributed by atoms with E-state index in [1.54, 1.807) is 6.04 Å². The van der Waals surface area contributed by atoms with Crippen LogP contribution >= 0.6 is 0 Å². The molecule has 0 N–H and O–H groups in total. The van der Waals surface area contributed by atoms with Crippen molar-refractivity contribution in [2.75, 3.05) is 0 Å². The highest BCUT2D eigenvalue weighted by molar-refractivity contribution is 6.79. The normalized spacial score (nSPS) is 12.0. The zero-order valence-electron chi connectivity index (χ0n) is 24.0. The lowest BCUT2D eigenvalue weighted by atomic mass is 10.0. The lowest BCUT2D eigenvalue weighted by molar-refractivity contribution is 0.518. The van der Waals surface area contributed by atoms with E-state index in [-0.39, 0.29) is 0 Å². The van der Waals surface area contributed by atoms with E-state index in [9.17, 15) is 0 Å². The summed E-state index contributed by atoms with van der Waals surface area (Å²) in [6.45, 7) is 11.3. The molecule has 0 aromatic rings. The zero-order chi connectivity index (χ0) is 24.3. The third-order valence-corrected chi connectivity index (χ3v) is 14.6. The van der Waals surface area contributed by atoms with E-state index >= 15 is 0 Å². The Morgan fingerprint density at radius 2 is 0.545 bits per heavy atom. The highest BCUT2D eigenvalue weighted by Crippen LogP contribution is 2.27. The van der Waals surface area contributed by atoms with E-state index < -0.39 is 8.07 Å². The standard InChI is InChI=1S/C32H67Si/c1-5-9-10-11-12-13-14-15-16-17-18-19-20-21-22-23-24-25-26-27-28-29-30-31-32-33(6-2,7-3)8-4/h1,5-32H2,2-4H3. The maximum Gasteiger partial charge on any atom is 0.0527 e. The third kappa shape index (κ3) is 22.4. The molecule has 33 heavy (non-hydrogen) atoms. The number of unbranched alkanes of at least 4 members (excludes halogenated alkanes) is 23. The van der Waals surface area contributed by atoms with Crippen molar-refractivity contribution in [3.8, 4) is 0 Å². The molecule has 0 atom stereocenters. The van der Waals surface area contributed by atoms with Crippen molar-refractivity contribution in [1.29, 1.82) is 0 Å². The van der Waals surface area contributed by atoms with Crippen LogP contribution in [0.5, 0.6) is 0 Å². The molecule has 1 heteroatoms. The van der Waals surface area contributed by atoms with Crippen LogP contribution in [0.25, 0.3) is 0 Å². The van der Waals surface area contributed by atoms with Crippen LogP contribution in [0, 0.1) is 6.92 Å². The maximum atomic E-state index is 3.92. The highest BCUT2D eigenvalue weighted by Gasteiger charge is 2.25. The summed E-state index contributed by atoms with van der Waals surface area (Å²) in [5.74, 6) is 0. The molecule has 0 spiro atoms. The van der Waals surface area contributed by atoms with E-state index in [1.807, 2.05) is 0 Å². The first kappa shape index (κ1) is 33.2. The Morgan fingerprint density at radius 3 is 0.758 bits per heavy atom. The molecule has 0 bridgehead atoms. The van der Waals surface area contributed by atoms with Gasteiger partial charge in [-0.25, -0.2) is 0 Å². The van der Waals surface area contributed by atoms with Gasteiger partial charge >= 0.3 is 0 Å². The maximum absolute atomic E-state index is 3.92. The summed E-state index contributed by atoms with van der Waals surface area (Å²) in [6.07, 6.45) is 35.1. The van der Waals surface area contributed by atoms with Gasteiger partial charge in [0.25, 0.3) is 0 Å². The van der Waals surface area contributed by atoms with Crippen LogP contribution in [-0.4, -0.2) is 8.07 Å². The summed E-state index contributed by atoms with van der Waals surface area (Å²) in [5, 5.41) is 0. The van der Waals surface area contributed by atoms with Gasteiger partial charge in [-0.3, -0.25) is 0 Å². The first-order valence-corrected chi connectivity index (χ1v) is 18.9. The van der Waals surface area contributed by atoms with Gasteiger partial charge in [-0.15, -0.1) is 0 Å². The number of rotatable bonds is 28. The molecule has 0 saturated heterocycles. The van der Waals surface area contributed by atoms with E-state index in [4.69, 9.17) is 0 Å². The Morgan fingerprint density at radius 1 is 0.333 bits per heavy atom. The van der Waals surface area contributed by atoms with Crippen molar-refractivity contribution in [2.24, 2.45) is 0 Å². The first-order valence-electron chi connectivity index (χ1n) is 16.0. The molecule has 1 radical (unpaired) electrons. The average molecular weight is 480 g/mol. The molecular formula is C32H67Si. The van der Waals surface area contributed by atoms with Crippen LogP contribution in [0.3, 0.4) is 0 Å². The van der Waals surface area contributed by atoms with Gasteiger partial charge in [0.15, 0.2) is 0 Å². The minimum absolute atomic E-state index is 0.837. The number of hydrogen-bond donors (Lipinski definition) is 0. The number of hydrogen-bond acceptors (Lipinski definition) is 0. The molecule has 0 unspecified atom stereocenters. The largest absolute Gasteiger partial charge is 0.0678 e. The Labute approximate surface area is 213 Å². The van der Waals surface area contributed by atoms with Crippen molar-refractivity contribution in [3.05, 3.63) is 6.92 Å². The predicted molar refractivity (Wildman–Crippen MR) is 158 cm³/mol. The molecule has 0 nitrogen and oxygen atoms in total. The first-order chi connectivity index (χ1) is 16.2. The van der Waals surface area contributed by atoms with Crippen LogP contribution in [0.1, 0.15) is 175 Å². The summed E-state index contributed by atoms with van der Waals surface area (Å²) in [6, 6.07) is 6.14. The Hall–Kier alpha value is 0.217. The van der Waals surface area contributed by atoms with Gasteiger partial charge in [0.05, 0.1) is 8.07 Å². The van der Waals surface area contributed by atoms with E-state index in [0.717, 1.165) is 6.42 Å². The summed E-state index contributed by atoms with van der Waals surface area (Å²) >= 11 is 0. The summed E-state index contributed by atoms with van der Waals surface area (Å²) < 4.78 is 0. The summed E-state index contributed by atoms with van der Waals surface area (Å²) in [7, 11) is -0.837. The van der Waals surface area contributed by atoms with Gasteiger partial charge in [0.1, 0.15) is 0 Å². The molecule has 0 saturated carbocycles. The molecule has 0 aliphatic rings. The van der Waals surface area contributed by atoms with Gasteiger partial charge < -0.3 is 0 Å². The van der Waals surface area contributed by atoms with Gasteiger partial charge in [0, 0.05) is 0 Å². The minimum atomic E-state index is -0.837. The second-order valence-corrected chi connectivity index (χ2v) is 16.9. The fraction of sp³-hybridized carbons (Fsp3) is 0.969. The molecule has 0 aromatic heterocycles.